The van der Waals surface area contributed by atoms with Crippen LogP contribution in [-0.2, 0) is 4.74 Å². The summed E-state index contributed by atoms with van der Waals surface area (Å²) in [4.78, 5) is 4.73. The van der Waals surface area contributed by atoms with Crippen LogP contribution in [0.5, 0.6) is 0 Å². The number of benzene rings is 1. The third-order valence-electron chi connectivity index (χ3n) is 3.17. The second-order valence-corrected chi connectivity index (χ2v) is 7.80. The van der Waals surface area contributed by atoms with E-state index in [1.54, 1.807) is 0 Å². The van der Waals surface area contributed by atoms with Gasteiger partial charge in [0.2, 0.25) is 0 Å². The van der Waals surface area contributed by atoms with Crippen LogP contribution in [0.3, 0.4) is 0 Å². The number of hydrogen-bond donors (Lipinski definition) is 0. The Morgan fingerprint density at radius 2 is 2.17 bits per heavy atom. The molecule has 2 nitrogen and oxygen atoms in total. The van der Waals surface area contributed by atoms with Crippen molar-refractivity contribution in [2.45, 2.75) is 19.9 Å². The van der Waals surface area contributed by atoms with Crippen molar-refractivity contribution in [2.24, 2.45) is 10.9 Å². The molecule has 0 radical (unpaired) electrons. The van der Waals surface area contributed by atoms with Crippen molar-refractivity contribution in [2.75, 3.05) is 6.61 Å². The first-order valence-electron chi connectivity index (χ1n) is 6.05. The molecule has 3 rings (SSSR count). The molecule has 0 saturated carbocycles. The van der Waals surface area contributed by atoms with E-state index in [1.165, 1.54) is 18.6 Å². The Kier molecular flexibility index (Phi) is 3.35. The van der Waals surface area contributed by atoms with Gasteiger partial charge in [0, 0.05) is 0 Å². The van der Waals surface area contributed by atoms with Crippen molar-refractivity contribution >= 4 is 46.0 Å². The Morgan fingerprint density at radius 1 is 1.39 bits per heavy atom. The summed E-state index contributed by atoms with van der Waals surface area (Å²) in [5, 5.41) is 1.30. The first-order chi connectivity index (χ1) is 8.66. The van der Waals surface area contributed by atoms with E-state index in [0.717, 1.165) is 12.5 Å². The first-order valence-corrected chi connectivity index (χ1v) is 8.55. The maximum absolute atomic E-state index is 5.79. The average Bonchev–Trinajstić information content (AvgIpc) is 2.95. The zero-order chi connectivity index (χ0) is 12.7. The van der Waals surface area contributed by atoms with Crippen LogP contribution in [0.4, 0.5) is 0 Å². The van der Waals surface area contributed by atoms with E-state index in [1.807, 2.05) is 0 Å². The summed E-state index contributed by atoms with van der Waals surface area (Å²) in [6.45, 7) is 5.11. The van der Waals surface area contributed by atoms with Crippen molar-refractivity contribution < 1.29 is 4.74 Å². The van der Waals surface area contributed by atoms with E-state index in [2.05, 4.69) is 54.0 Å². The van der Waals surface area contributed by atoms with Gasteiger partial charge < -0.3 is 0 Å². The molecule has 2 aromatic rings. The van der Waals surface area contributed by atoms with E-state index in [-0.39, 0.29) is 0 Å². The molecule has 1 aromatic heterocycles. The van der Waals surface area contributed by atoms with Gasteiger partial charge in [-0.25, -0.2) is 0 Å². The quantitative estimate of drug-likeness (QED) is 0.742. The van der Waals surface area contributed by atoms with Crippen LogP contribution >= 0.6 is 15.9 Å². The van der Waals surface area contributed by atoms with Crippen LogP contribution in [0.15, 0.2) is 33.7 Å². The molecule has 94 valence electrons. The Hall–Kier alpha value is -0.571. The van der Waals surface area contributed by atoms with Crippen molar-refractivity contribution in [3.63, 3.8) is 0 Å². The van der Waals surface area contributed by atoms with Crippen molar-refractivity contribution in [3.05, 3.63) is 33.2 Å². The normalized spacial score (nSPS) is 19.3. The molecular formula is C14H14BrNOSe. The average molecular weight is 371 g/mol. The SMILES string of the molecule is CC(C)[C@H]1COC(c2[se]c3ccccc3c2Br)=N1. The number of rotatable bonds is 2. The molecule has 0 saturated heterocycles. The van der Waals surface area contributed by atoms with E-state index >= 15 is 0 Å². The molecule has 18 heavy (non-hydrogen) atoms. The van der Waals surface area contributed by atoms with Gasteiger partial charge in [0.25, 0.3) is 0 Å². The molecule has 0 spiro atoms. The van der Waals surface area contributed by atoms with Gasteiger partial charge >= 0.3 is 121 Å². The molecule has 2 heterocycles. The standard InChI is InChI=1S/C14H14BrNOSe/c1-8(2)10-7-17-14(16-10)13-12(15)9-5-3-4-6-11(9)18-13/h3-6,8,10H,7H2,1-2H3/t10-/m1/s1. The van der Waals surface area contributed by atoms with E-state index < -0.39 is 0 Å². The van der Waals surface area contributed by atoms with Gasteiger partial charge in [-0.05, 0) is 0 Å². The molecule has 0 fully saturated rings. The fourth-order valence-electron chi connectivity index (χ4n) is 2.01. The molecule has 0 N–H and O–H groups in total. The molecule has 1 aromatic carbocycles. The topological polar surface area (TPSA) is 21.6 Å². The van der Waals surface area contributed by atoms with Gasteiger partial charge in [0.05, 0.1) is 0 Å². The second kappa shape index (κ2) is 4.84. The number of aliphatic imine (C=N–C) groups is 1. The number of ether oxygens (including phenoxy) is 1. The number of hydrogen-bond acceptors (Lipinski definition) is 2. The second-order valence-electron chi connectivity index (χ2n) is 4.80. The van der Waals surface area contributed by atoms with Gasteiger partial charge in [0.15, 0.2) is 0 Å². The Morgan fingerprint density at radius 3 is 2.83 bits per heavy atom. The van der Waals surface area contributed by atoms with Crippen LogP contribution in [0, 0.1) is 5.92 Å². The number of fused-ring (bicyclic) bond motifs is 1. The van der Waals surface area contributed by atoms with E-state index in [0.29, 0.717) is 26.5 Å². The van der Waals surface area contributed by atoms with Crippen LogP contribution in [0.2, 0.25) is 0 Å². The van der Waals surface area contributed by atoms with Gasteiger partial charge in [-0.1, -0.05) is 0 Å². The molecule has 0 unspecified atom stereocenters. The summed E-state index contributed by atoms with van der Waals surface area (Å²) in [5.41, 5.74) is 0. The van der Waals surface area contributed by atoms with Gasteiger partial charge in [0.1, 0.15) is 0 Å². The summed E-state index contributed by atoms with van der Waals surface area (Å²) in [7, 11) is 0. The predicted octanol–water partition coefficient (Wildman–Crippen LogP) is 3.46. The molecule has 4 heteroatoms. The van der Waals surface area contributed by atoms with E-state index in [4.69, 9.17) is 9.73 Å². The first kappa shape index (κ1) is 12.5. The van der Waals surface area contributed by atoms with Crippen molar-refractivity contribution in [3.8, 4) is 0 Å². The number of nitrogens with zero attached hydrogens (tertiary/aromatic N) is 1. The van der Waals surface area contributed by atoms with E-state index in [9.17, 15) is 0 Å². The van der Waals surface area contributed by atoms with Crippen LogP contribution in [0.25, 0.3) is 9.65 Å². The summed E-state index contributed by atoms with van der Waals surface area (Å²) in [5.74, 6) is 1.40. The van der Waals surface area contributed by atoms with Crippen LogP contribution in [-0.4, -0.2) is 33.1 Å². The minimum absolute atomic E-state index is 0.306. The molecule has 1 aliphatic heterocycles. The summed E-state index contributed by atoms with van der Waals surface area (Å²) in [6.07, 6.45) is 0. The number of halogens is 1. The molecule has 1 aliphatic rings. The predicted molar refractivity (Wildman–Crippen MR) is 79.7 cm³/mol. The van der Waals surface area contributed by atoms with Gasteiger partial charge in [-0.3, -0.25) is 0 Å². The van der Waals surface area contributed by atoms with Gasteiger partial charge in [-0.15, -0.1) is 0 Å². The molecule has 1 atom stereocenters. The fourth-order valence-corrected chi connectivity index (χ4v) is 5.43. The fraction of sp³-hybridized carbons (Fsp3) is 0.357. The zero-order valence-electron chi connectivity index (χ0n) is 10.3. The van der Waals surface area contributed by atoms with Crippen LogP contribution < -0.4 is 0 Å². The van der Waals surface area contributed by atoms with Crippen molar-refractivity contribution in [1.29, 1.82) is 0 Å². The monoisotopic (exact) mass is 371 g/mol. The summed E-state index contributed by atoms with van der Waals surface area (Å²) >= 11 is 4.01. The molecule has 0 amide bonds. The van der Waals surface area contributed by atoms with Crippen LogP contribution in [0.1, 0.15) is 18.3 Å². The minimum atomic E-state index is 0.306. The molecular weight excluding hydrogens is 357 g/mol. The Balaban J connectivity index is 2.05. The Labute approximate surface area is 121 Å². The third-order valence-corrected chi connectivity index (χ3v) is 7.02. The summed E-state index contributed by atoms with van der Waals surface area (Å²) < 4.78 is 9.62. The maximum atomic E-state index is 5.79. The van der Waals surface area contributed by atoms with Crippen molar-refractivity contribution in [1.82, 2.24) is 0 Å². The summed E-state index contributed by atoms with van der Waals surface area (Å²) in [6, 6.07) is 8.83. The van der Waals surface area contributed by atoms with Gasteiger partial charge in [-0.2, -0.15) is 0 Å². The zero-order valence-corrected chi connectivity index (χ0v) is 13.6. The molecule has 0 aliphatic carbocycles. The Bertz CT molecular complexity index is 617. The third kappa shape index (κ3) is 2.07. The molecule has 0 bridgehead atoms.